The van der Waals surface area contributed by atoms with Gasteiger partial charge in [-0.25, -0.2) is 0 Å². The number of ether oxygens (including phenoxy) is 3. The third-order valence-corrected chi connectivity index (χ3v) is 15.6. The summed E-state index contributed by atoms with van der Waals surface area (Å²) in [6.45, 7) is 4.81. The summed E-state index contributed by atoms with van der Waals surface area (Å²) in [5.41, 5.74) is 1.99. The summed E-state index contributed by atoms with van der Waals surface area (Å²) < 4.78 is 18.0. The number of piperidine rings is 2. The number of fused-ring (bicyclic) bond motifs is 5. The Bertz CT molecular complexity index is 2120. The van der Waals surface area contributed by atoms with Crippen molar-refractivity contribution in [2.24, 2.45) is 11.8 Å². The zero-order chi connectivity index (χ0) is 36.9. The number of benzene rings is 2. The molecule has 2 aromatic carbocycles. The first kappa shape index (κ1) is 33.6. The minimum absolute atomic E-state index is 0.111. The molecule has 0 unspecified atom stereocenters. The maximum atomic E-state index is 15.7. The van der Waals surface area contributed by atoms with Gasteiger partial charge in [-0.05, 0) is 134 Å². The first-order chi connectivity index (χ1) is 26.0. The number of Topliss-reactive ketones (excluding diaryl/α,β-unsaturated/α-hetero) is 1. The quantitative estimate of drug-likeness (QED) is 0.304. The lowest BCUT2D eigenvalue weighted by Gasteiger charge is -2.65. The molecule has 3 aromatic rings. The summed E-state index contributed by atoms with van der Waals surface area (Å²) in [6, 6.07) is 11.7. The van der Waals surface area contributed by atoms with Crippen LogP contribution < -0.4 is 9.47 Å². The van der Waals surface area contributed by atoms with Crippen LogP contribution >= 0.6 is 0 Å². The van der Waals surface area contributed by atoms with Crippen molar-refractivity contribution in [3.8, 4) is 11.5 Å². The number of hydrogen-bond donors (Lipinski definition) is 3. The molecule has 0 spiro atoms. The fourth-order valence-electron chi connectivity index (χ4n) is 12.8. The Labute approximate surface area is 316 Å². The van der Waals surface area contributed by atoms with Crippen LogP contribution in [0.15, 0.2) is 36.4 Å². The number of carbonyl (C=O) groups excluding carboxylic acids is 2. The van der Waals surface area contributed by atoms with E-state index in [0.717, 1.165) is 59.6 Å². The first-order valence-electron chi connectivity index (χ1n) is 20.3. The van der Waals surface area contributed by atoms with Crippen LogP contribution in [0.2, 0.25) is 0 Å². The van der Waals surface area contributed by atoms with Crippen LogP contribution in [0.1, 0.15) is 101 Å². The lowest BCUT2D eigenvalue weighted by Crippen LogP contribution is -2.76. The number of carbonyl (C=O) groups is 2. The Morgan fingerprint density at radius 2 is 1.39 bits per heavy atom. The van der Waals surface area contributed by atoms with Gasteiger partial charge in [0.05, 0.1) is 42.0 Å². The number of rotatable bonds is 7. The number of H-pyrrole nitrogens is 1. The standard InChI is InChI=1S/C44H51N3O7/c1-24(48)54-40-38-32(21-44(51)36-17-28-9-11-30(53-3)19-34(28)42(40,44)13-15-47(36)23-26-6-7-26)31-20-43(50)35-16-27-8-10-29(52-2)18-33(27)41(43,39(49)37(31)45-38)12-14-46(35)22-25-4-5-25/h8-11,18-19,25-26,35-36,40,45,50-51H,4-7,12-17,20-23H2,1-3H3/t35-,36-,40-,41+,42+,43-,44-/m1/s1. The van der Waals surface area contributed by atoms with Gasteiger partial charge in [0.2, 0.25) is 0 Å². The minimum atomic E-state index is -1.38. The number of esters is 1. The smallest absolute Gasteiger partial charge is 0.303 e. The Morgan fingerprint density at radius 1 is 0.815 bits per heavy atom. The predicted octanol–water partition coefficient (Wildman–Crippen LogP) is 4.35. The Morgan fingerprint density at radius 3 is 2.00 bits per heavy atom. The van der Waals surface area contributed by atoms with Crippen LogP contribution in [0.4, 0.5) is 0 Å². The first-order valence-corrected chi connectivity index (χ1v) is 20.3. The number of ketones is 1. The van der Waals surface area contributed by atoms with Crippen molar-refractivity contribution in [1.29, 1.82) is 0 Å². The molecule has 4 bridgehead atoms. The van der Waals surface area contributed by atoms with E-state index in [1.54, 1.807) is 14.2 Å². The molecule has 0 radical (unpaired) electrons. The van der Waals surface area contributed by atoms with Crippen LogP contribution in [0, 0.1) is 11.8 Å². The minimum Gasteiger partial charge on any atom is -0.497 e. The maximum Gasteiger partial charge on any atom is 0.303 e. The van der Waals surface area contributed by atoms with Crippen LogP contribution in [-0.2, 0) is 46.0 Å². The van der Waals surface area contributed by atoms with Gasteiger partial charge in [-0.3, -0.25) is 19.4 Å². The van der Waals surface area contributed by atoms with Crippen LogP contribution in [0.3, 0.4) is 0 Å². The fourth-order valence-corrected chi connectivity index (χ4v) is 12.8. The van der Waals surface area contributed by atoms with Gasteiger partial charge in [-0.15, -0.1) is 0 Å². The average molecular weight is 734 g/mol. The van der Waals surface area contributed by atoms with E-state index in [-0.39, 0.29) is 24.3 Å². The number of aliphatic hydroxyl groups is 2. The van der Waals surface area contributed by atoms with Crippen molar-refractivity contribution in [3.63, 3.8) is 0 Å². The van der Waals surface area contributed by atoms with Gasteiger partial charge < -0.3 is 29.4 Å². The molecule has 2 aliphatic heterocycles. The second-order valence-electron chi connectivity index (χ2n) is 18.1. The lowest BCUT2D eigenvalue weighted by atomic mass is 9.47. The number of aromatic amines is 1. The zero-order valence-corrected chi connectivity index (χ0v) is 31.6. The number of aromatic nitrogens is 1. The molecule has 10 heteroatoms. The van der Waals surface area contributed by atoms with E-state index in [2.05, 4.69) is 26.9 Å². The highest BCUT2D eigenvalue weighted by Crippen LogP contribution is 2.65. The number of methoxy groups -OCH3 is 2. The largest absolute Gasteiger partial charge is 0.497 e. The van der Waals surface area contributed by atoms with Crippen LogP contribution in [0.5, 0.6) is 11.5 Å². The van der Waals surface area contributed by atoms with E-state index in [4.69, 9.17) is 14.2 Å². The van der Waals surface area contributed by atoms with Crippen molar-refractivity contribution in [2.75, 3.05) is 40.4 Å². The molecule has 4 fully saturated rings. The van der Waals surface area contributed by atoms with Gasteiger partial charge in [-0.1, -0.05) is 12.1 Å². The van der Waals surface area contributed by atoms with E-state index in [0.29, 0.717) is 66.8 Å². The molecule has 284 valence electrons. The van der Waals surface area contributed by atoms with Crippen molar-refractivity contribution >= 4 is 11.8 Å². The van der Waals surface area contributed by atoms with Gasteiger partial charge >= 0.3 is 5.97 Å². The normalized spacial score (nSPS) is 36.2. The monoisotopic (exact) mass is 733 g/mol. The molecule has 54 heavy (non-hydrogen) atoms. The summed E-state index contributed by atoms with van der Waals surface area (Å²) in [5.74, 6) is 2.09. The highest BCUT2D eigenvalue weighted by atomic mass is 16.5. The molecule has 2 saturated carbocycles. The zero-order valence-electron chi connectivity index (χ0n) is 31.6. The van der Waals surface area contributed by atoms with Crippen molar-refractivity contribution < 1.29 is 34.0 Å². The van der Waals surface area contributed by atoms with E-state index in [9.17, 15) is 15.0 Å². The van der Waals surface area contributed by atoms with E-state index in [1.165, 1.54) is 32.6 Å². The molecule has 2 saturated heterocycles. The van der Waals surface area contributed by atoms with Crippen molar-refractivity contribution in [3.05, 3.63) is 81.2 Å². The maximum absolute atomic E-state index is 15.7. The van der Waals surface area contributed by atoms with Gasteiger partial charge in [0, 0.05) is 44.9 Å². The summed E-state index contributed by atoms with van der Waals surface area (Å²) in [6.07, 6.45) is 6.95. The molecule has 0 amide bonds. The third-order valence-electron chi connectivity index (χ3n) is 15.6. The highest BCUT2D eigenvalue weighted by Gasteiger charge is 2.73. The topological polar surface area (TPSA) is 125 Å². The molecular weight excluding hydrogens is 682 g/mol. The number of likely N-dealkylation sites (tertiary alicyclic amines) is 2. The molecule has 3 N–H and O–H groups in total. The predicted molar refractivity (Wildman–Crippen MR) is 199 cm³/mol. The molecular formula is C44H51N3O7. The van der Waals surface area contributed by atoms with Crippen LogP contribution in [0.25, 0.3) is 0 Å². The fraction of sp³-hybridized carbons (Fsp3) is 0.591. The number of hydrogen-bond acceptors (Lipinski definition) is 9. The number of nitrogens with zero attached hydrogens (tertiary/aromatic N) is 2. The average Bonchev–Trinajstić information content (AvgIpc) is 4.09. The molecule has 10 nitrogen and oxygen atoms in total. The summed E-state index contributed by atoms with van der Waals surface area (Å²) in [7, 11) is 3.30. The van der Waals surface area contributed by atoms with Crippen LogP contribution in [-0.4, -0.2) is 100 Å². The SMILES string of the molecule is COc1ccc2c(c1)[C@]13CCN(CC4CC4)[C@H](C2)[C@]1(O)Cc1c([nH]c2c1C[C@@]1(O)[C@H]4Cc5ccc(OC)cc5[C@@]1(CCN4CC1CC1)C2=O)[C@H]3OC(C)=O. The van der Waals surface area contributed by atoms with Gasteiger partial charge in [0.1, 0.15) is 17.1 Å². The van der Waals surface area contributed by atoms with E-state index >= 15 is 4.79 Å². The molecule has 8 aliphatic rings. The third kappa shape index (κ3) is 4.21. The van der Waals surface area contributed by atoms with Gasteiger partial charge in [-0.2, -0.15) is 0 Å². The summed E-state index contributed by atoms with van der Waals surface area (Å²) >= 11 is 0. The van der Waals surface area contributed by atoms with Crippen molar-refractivity contribution in [2.45, 2.75) is 111 Å². The molecule has 1 aromatic heterocycles. The number of nitrogens with one attached hydrogen (secondary N) is 1. The Hall–Kier alpha value is -3.70. The summed E-state index contributed by atoms with van der Waals surface area (Å²) in [5, 5.41) is 27.3. The highest BCUT2D eigenvalue weighted by molar-refractivity contribution is 6.08. The van der Waals surface area contributed by atoms with Gasteiger partial charge in [0.15, 0.2) is 11.9 Å². The molecule has 11 rings (SSSR count). The molecule has 7 atom stereocenters. The van der Waals surface area contributed by atoms with E-state index in [1.807, 2.05) is 24.3 Å². The van der Waals surface area contributed by atoms with E-state index < -0.39 is 34.1 Å². The van der Waals surface area contributed by atoms with Gasteiger partial charge in [0.25, 0.3) is 0 Å². The molecule has 3 heterocycles. The Balaban J connectivity index is 1.13. The lowest BCUT2D eigenvalue weighted by molar-refractivity contribution is -0.202. The summed E-state index contributed by atoms with van der Waals surface area (Å²) in [4.78, 5) is 37.6. The molecule has 6 aliphatic carbocycles. The second-order valence-corrected chi connectivity index (χ2v) is 18.1. The second kappa shape index (κ2) is 11.2. The Kier molecular flexibility index (Phi) is 6.98. The van der Waals surface area contributed by atoms with Crippen molar-refractivity contribution in [1.82, 2.24) is 14.8 Å².